The SMILES string of the molecule is Br.CCCCO.[CH2-]C=O.[Zn]. The summed E-state index contributed by atoms with van der Waals surface area (Å²) in [5, 5.41) is 8.07. The maximum Gasteiger partial charge on any atom is 0.0430 e. The van der Waals surface area contributed by atoms with Gasteiger partial charge in [-0.25, -0.2) is 0 Å². The molecule has 4 heteroatoms. The van der Waals surface area contributed by atoms with Gasteiger partial charge in [0.25, 0.3) is 0 Å². The minimum Gasteiger partial charge on any atom is -0.396 e. The minimum atomic E-state index is 0. The number of aldehydes is 1. The van der Waals surface area contributed by atoms with Gasteiger partial charge in [-0.15, -0.1) is 17.0 Å². The van der Waals surface area contributed by atoms with Gasteiger partial charge >= 0.3 is 0 Å². The van der Waals surface area contributed by atoms with E-state index in [1.54, 1.807) is 0 Å². The van der Waals surface area contributed by atoms with Gasteiger partial charge in [-0.2, -0.15) is 0 Å². The number of halogens is 1. The minimum absolute atomic E-state index is 0. The first-order chi connectivity index (χ1) is 3.83. The second-order valence-corrected chi connectivity index (χ2v) is 1.24. The summed E-state index contributed by atoms with van der Waals surface area (Å²) in [6.07, 6.45) is 2.54. The van der Waals surface area contributed by atoms with Gasteiger partial charge in [-0.05, 0) is 12.7 Å². The van der Waals surface area contributed by atoms with Crippen LogP contribution in [0.3, 0.4) is 0 Å². The number of aliphatic hydroxyl groups excluding tert-OH is 1. The first kappa shape index (κ1) is 22.4. The topological polar surface area (TPSA) is 37.3 Å². The molecule has 0 aromatic rings. The molecule has 0 radical (unpaired) electrons. The summed E-state index contributed by atoms with van der Waals surface area (Å²) < 4.78 is 0. The second kappa shape index (κ2) is 33.5. The van der Waals surface area contributed by atoms with Gasteiger partial charge in [-0.1, -0.05) is 13.3 Å². The van der Waals surface area contributed by atoms with Crippen LogP contribution < -0.4 is 0 Å². The second-order valence-electron chi connectivity index (χ2n) is 1.24. The summed E-state index contributed by atoms with van der Waals surface area (Å²) in [6.45, 7) is 5.20. The molecule has 0 atom stereocenters. The third-order valence-electron chi connectivity index (χ3n) is 0.512. The molecule has 0 unspecified atom stereocenters. The van der Waals surface area contributed by atoms with Crippen LogP contribution in [0.5, 0.6) is 0 Å². The molecule has 0 heterocycles. The Morgan fingerprint density at radius 1 is 1.60 bits per heavy atom. The summed E-state index contributed by atoms with van der Waals surface area (Å²) in [5.74, 6) is 0. The van der Waals surface area contributed by atoms with E-state index < -0.39 is 0 Å². The molecule has 0 rings (SSSR count). The van der Waals surface area contributed by atoms with E-state index in [9.17, 15) is 0 Å². The Balaban J connectivity index is -0.0000000326. The number of unbranched alkanes of at least 4 members (excludes halogenated alkanes) is 1. The molecular formula is C6H14BrO2Zn-. The van der Waals surface area contributed by atoms with Crippen molar-refractivity contribution in [1.82, 2.24) is 0 Å². The Hall–Kier alpha value is 0.603. The average molecular weight is 263 g/mol. The van der Waals surface area contributed by atoms with Crippen LogP contribution in [0.2, 0.25) is 0 Å². The molecule has 60 valence electrons. The molecule has 0 saturated heterocycles. The molecule has 0 aliphatic carbocycles. The molecule has 0 spiro atoms. The summed E-state index contributed by atoms with van der Waals surface area (Å²) >= 11 is 0. The molecule has 0 aliphatic heterocycles. The van der Waals surface area contributed by atoms with Gasteiger partial charge in [0.1, 0.15) is 0 Å². The zero-order valence-electron chi connectivity index (χ0n) is 6.38. The van der Waals surface area contributed by atoms with E-state index in [0.29, 0.717) is 12.9 Å². The molecule has 0 aliphatic rings. The largest absolute Gasteiger partial charge is 0.396 e. The average Bonchev–Trinajstić information content (AvgIpc) is 1.71. The van der Waals surface area contributed by atoms with Crippen LogP contribution in [0.25, 0.3) is 0 Å². The summed E-state index contributed by atoms with van der Waals surface area (Å²) in [4.78, 5) is 8.69. The van der Waals surface area contributed by atoms with Crippen molar-refractivity contribution < 1.29 is 29.4 Å². The number of rotatable bonds is 2. The molecule has 0 aromatic carbocycles. The molecule has 0 aromatic heterocycles. The fourth-order valence-corrected chi connectivity index (χ4v) is 0.158. The third-order valence-corrected chi connectivity index (χ3v) is 0.512. The van der Waals surface area contributed by atoms with Crippen LogP contribution in [0.4, 0.5) is 0 Å². The molecule has 0 bridgehead atoms. The predicted octanol–water partition coefficient (Wildman–Crippen LogP) is 1.37. The Bertz CT molecular complexity index is 42.7. The maximum absolute atomic E-state index is 8.69. The summed E-state index contributed by atoms with van der Waals surface area (Å²) in [5.41, 5.74) is 0. The Kier molecular flexibility index (Phi) is 75.2. The van der Waals surface area contributed by atoms with E-state index in [1.165, 1.54) is 0 Å². The Morgan fingerprint density at radius 2 is 1.90 bits per heavy atom. The third kappa shape index (κ3) is 73.4. The van der Waals surface area contributed by atoms with Crippen LogP contribution in [0, 0.1) is 6.92 Å². The van der Waals surface area contributed by atoms with E-state index in [4.69, 9.17) is 9.90 Å². The van der Waals surface area contributed by atoms with Crippen molar-refractivity contribution >= 4 is 23.3 Å². The molecule has 0 saturated carbocycles. The molecule has 0 amide bonds. The smallest absolute Gasteiger partial charge is 0.0430 e. The fourth-order valence-electron chi connectivity index (χ4n) is 0.158. The molecule has 0 fully saturated rings. The standard InChI is InChI=1S/C4H10O.C2H3O.BrH.Zn/c1-2-3-4-5;1-2-3;;/h5H,2-4H2,1H3;2H,1H2;1H;/q;-1;;. The van der Waals surface area contributed by atoms with Gasteiger partial charge in [0.05, 0.1) is 0 Å². The van der Waals surface area contributed by atoms with E-state index in [-0.39, 0.29) is 36.5 Å². The number of hydrogen-bond acceptors (Lipinski definition) is 2. The quantitative estimate of drug-likeness (QED) is 0.464. The van der Waals surface area contributed by atoms with Crippen molar-refractivity contribution in [2.45, 2.75) is 19.8 Å². The van der Waals surface area contributed by atoms with Gasteiger partial charge in [0.2, 0.25) is 0 Å². The van der Waals surface area contributed by atoms with Crippen molar-refractivity contribution in [3.8, 4) is 0 Å². The first-order valence-electron chi connectivity index (χ1n) is 2.67. The van der Waals surface area contributed by atoms with Gasteiger partial charge < -0.3 is 16.8 Å². The van der Waals surface area contributed by atoms with Crippen molar-refractivity contribution in [3.63, 3.8) is 0 Å². The van der Waals surface area contributed by atoms with Crippen molar-refractivity contribution in [3.05, 3.63) is 6.92 Å². The van der Waals surface area contributed by atoms with E-state index in [2.05, 4.69) is 13.8 Å². The number of carbonyl (C=O) groups excluding carboxylic acids is 1. The summed E-state index contributed by atoms with van der Waals surface area (Å²) in [7, 11) is 0. The van der Waals surface area contributed by atoms with Crippen LogP contribution in [0.15, 0.2) is 0 Å². The first-order valence-corrected chi connectivity index (χ1v) is 2.67. The van der Waals surface area contributed by atoms with Crippen LogP contribution in [-0.4, -0.2) is 18.0 Å². The Morgan fingerprint density at radius 3 is 1.90 bits per heavy atom. The van der Waals surface area contributed by atoms with Crippen molar-refractivity contribution in [1.29, 1.82) is 0 Å². The molecular weight excluding hydrogens is 249 g/mol. The van der Waals surface area contributed by atoms with E-state index in [0.717, 1.165) is 12.8 Å². The maximum atomic E-state index is 8.69. The van der Waals surface area contributed by atoms with Gasteiger partial charge in [-0.3, -0.25) is 0 Å². The number of carbonyl (C=O) groups is 1. The van der Waals surface area contributed by atoms with E-state index in [1.807, 2.05) is 0 Å². The number of aliphatic hydroxyl groups is 1. The molecule has 2 nitrogen and oxygen atoms in total. The van der Waals surface area contributed by atoms with Crippen LogP contribution in [-0.2, 0) is 24.3 Å². The monoisotopic (exact) mass is 261 g/mol. The molecule has 1 N–H and O–H groups in total. The zero-order chi connectivity index (χ0) is 6.83. The predicted molar refractivity (Wildman–Crippen MR) is 43.7 cm³/mol. The summed E-state index contributed by atoms with van der Waals surface area (Å²) in [6, 6.07) is 0. The Labute approximate surface area is 85.9 Å². The fraction of sp³-hybridized carbons (Fsp3) is 0.667. The van der Waals surface area contributed by atoms with Crippen LogP contribution in [0.1, 0.15) is 19.8 Å². The number of hydrogen-bond donors (Lipinski definition) is 1. The normalized spacial score (nSPS) is 5.40. The van der Waals surface area contributed by atoms with Gasteiger partial charge in [0.15, 0.2) is 0 Å². The van der Waals surface area contributed by atoms with E-state index >= 15 is 0 Å². The van der Waals surface area contributed by atoms with Gasteiger partial charge in [0, 0.05) is 26.1 Å². The molecule has 10 heavy (non-hydrogen) atoms. The zero-order valence-corrected chi connectivity index (χ0v) is 11.1. The van der Waals surface area contributed by atoms with Crippen molar-refractivity contribution in [2.75, 3.05) is 6.61 Å². The van der Waals surface area contributed by atoms with Crippen molar-refractivity contribution in [2.24, 2.45) is 0 Å². The van der Waals surface area contributed by atoms with Crippen LogP contribution >= 0.6 is 17.0 Å².